The van der Waals surface area contributed by atoms with E-state index in [-0.39, 0.29) is 6.10 Å². The summed E-state index contributed by atoms with van der Waals surface area (Å²) in [6, 6.07) is 0. The molecular weight excluding hydrogens is 148 g/mol. The zero-order chi connectivity index (χ0) is 8.55. The standard InChI is InChI=1S/C11H13O/c1-3-4-9-7-10-8(2)5-6-11(10)12-9/h5-6,11H,3-4H2,1-2H3. The first kappa shape index (κ1) is 7.66. The third kappa shape index (κ3) is 1.09. The van der Waals surface area contributed by atoms with Crippen LogP contribution in [0.25, 0.3) is 0 Å². The maximum Gasteiger partial charge on any atom is 0.143 e. The van der Waals surface area contributed by atoms with Crippen LogP contribution in [0.3, 0.4) is 0 Å². The van der Waals surface area contributed by atoms with E-state index in [0.29, 0.717) is 0 Å². The highest BCUT2D eigenvalue weighted by Crippen LogP contribution is 2.32. The quantitative estimate of drug-likeness (QED) is 0.605. The predicted molar refractivity (Wildman–Crippen MR) is 48.4 cm³/mol. The zero-order valence-electron chi connectivity index (χ0n) is 7.55. The molecule has 1 aliphatic carbocycles. The monoisotopic (exact) mass is 161 g/mol. The molecule has 1 heterocycles. The molecule has 0 N–H and O–H groups in total. The van der Waals surface area contributed by atoms with Crippen LogP contribution in [0.4, 0.5) is 0 Å². The summed E-state index contributed by atoms with van der Waals surface area (Å²) in [5.41, 5.74) is 2.53. The molecule has 0 saturated carbocycles. The van der Waals surface area contributed by atoms with Crippen LogP contribution in [0.2, 0.25) is 0 Å². The van der Waals surface area contributed by atoms with Gasteiger partial charge in [-0.15, -0.1) is 0 Å². The van der Waals surface area contributed by atoms with Gasteiger partial charge in [-0.1, -0.05) is 13.0 Å². The number of fused-ring (bicyclic) bond motifs is 1. The van der Waals surface area contributed by atoms with E-state index in [1.54, 1.807) is 0 Å². The second kappa shape index (κ2) is 2.81. The summed E-state index contributed by atoms with van der Waals surface area (Å²) >= 11 is 0. The molecule has 1 atom stereocenters. The molecule has 1 unspecified atom stereocenters. The molecule has 0 aromatic rings. The average Bonchev–Trinajstić information content (AvgIpc) is 2.55. The van der Waals surface area contributed by atoms with Crippen molar-refractivity contribution in [3.05, 3.63) is 35.1 Å². The highest BCUT2D eigenvalue weighted by Gasteiger charge is 2.25. The molecule has 1 aliphatic heterocycles. The summed E-state index contributed by atoms with van der Waals surface area (Å²) in [5, 5.41) is 0. The lowest BCUT2D eigenvalue weighted by molar-refractivity contribution is 0.196. The minimum atomic E-state index is 0.187. The van der Waals surface area contributed by atoms with Crippen LogP contribution < -0.4 is 0 Å². The lowest BCUT2D eigenvalue weighted by Gasteiger charge is -2.06. The fourth-order valence-corrected chi connectivity index (χ4v) is 1.59. The van der Waals surface area contributed by atoms with E-state index < -0.39 is 0 Å². The van der Waals surface area contributed by atoms with Gasteiger partial charge >= 0.3 is 0 Å². The lowest BCUT2D eigenvalue weighted by atomic mass is 10.1. The maximum absolute atomic E-state index is 5.66. The van der Waals surface area contributed by atoms with Crippen LogP contribution in [0, 0.1) is 6.08 Å². The van der Waals surface area contributed by atoms with Crippen LogP contribution in [-0.4, -0.2) is 6.10 Å². The molecule has 2 aliphatic rings. The molecule has 12 heavy (non-hydrogen) atoms. The number of ether oxygens (including phenoxy) is 1. The van der Waals surface area contributed by atoms with Crippen LogP contribution >= 0.6 is 0 Å². The molecule has 2 rings (SSSR count). The topological polar surface area (TPSA) is 9.23 Å². The van der Waals surface area contributed by atoms with E-state index in [1.807, 2.05) is 0 Å². The normalized spacial score (nSPS) is 25.8. The Morgan fingerprint density at radius 2 is 2.42 bits per heavy atom. The number of hydrogen-bond donors (Lipinski definition) is 0. The Bertz CT molecular complexity index is 281. The van der Waals surface area contributed by atoms with Crippen LogP contribution in [0.5, 0.6) is 0 Å². The Labute approximate surface area is 73.4 Å². The van der Waals surface area contributed by atoms with E-state index in [9.17, 15) is 0 Å². The SMILES string of the molecule is CCCC1=[C]C2=C(C)C=CC2O1. The van der Waals surface area contributed by atoms with E-state index in [0.717, 1.165) is 18.6 Å². The van der Waals surface area contributed by atoms with E-state index in [2.05, 4.69) is 32.1 Å². The van der Waals surface area contributed by atoms with Crippen molar-refractivity contribution in [1.82, 2.24) is 0 Å². The molecule has 0 bridgehead atoms. The van der Waals surface area contributed by atoms with Gasteiger partial charge in [0.05, 0.1) is 0 Å². The second-order valence-electron chi connectivity index (χ2n) is 3.29. The Morgan fingerprint density at radius 1 is 1.58 bits per heavy atom. The predicted octanol–water partition coefficient (Wildman–Crippen LogP) is 2.76. The van der Waals surface area contributed by atoms with Crippen molar-refractivity contribution in [3.8, 4) is 0 Å². The summed E-state index contributed by atoms with van der Waals surface area (Å²) < 4.78 is 5.66. The summed E-state index contributed by atoms with van der Waals surface area (Å²) in [4.78, 5) is 0. The summed E-state index contributed by atoms with van der Waals surface area (Å²) in [7, 11) is 0. The van der Waals surface area contributed by atoms with Crippen molar-refractivity contribution in [2.45, 2.75) is 32.8 Å². The van der Waals surface area contributed by atoms with Crippen molar-refractivity contribution in [1.29, 1.82) is 0 Å². The Kier molecular flexibility index (Phi) is 1.80. The first-order chi connectivity index (χ1) is 5.81. The van der Waals surface area contributed by atoms with Gasteiger partial charge in [-0.2, -0.15) is 0 Å². The van der Waals surface area contributed by atoms with E-state index in [1.165, 1.54) is 11.1 Å². The lowest BCUT2D eigenvalue weighted by Crippen LogP contribution is -2.01. The highest BCUT2D eigenvalue weighted by molar-refractivity contribution is 5.44. The van der Waals surface area contributed by atoms with E-state index in [4.69, 9.17) is 4.74 Å². The van der Waals surface area contributed by atoms with Crippen molar-refractivity contribution in [3.63, 3.8) is 0 Å². The van der Waals surface area contributed by atoms with E-state index >= 15 is 0 Å². The van der Waals surface area contributed by atoms with Gasteiger partial charge in [0.15, 0.2) is 0 Å². The molecule has 0 saturated heterocycles. The summed E-state index contributed by atoms with van der Waals surface area (Å²) in [6.07, 6.45) is 9.85. The number of rotatable bonds is 2. The van der Waals surface area contributed by atoms with Crippen LogP contribution in [-0.2, 0) is 4.74 Å². The molecule has 0 amide bonds. The molecule has 0 spiro atoms. The summed E-state index contributed by atoms with van der Waals surface area (Å²) in [6.45, 7) is 4.26. The fourth-order valence-electron chi connectivity index (χ4n) is 1.59. The van der Waals surface area contributed by atoms with Gasteiger partial charge in [0.2, 0.25) is 0 Å². The largest absolute Gasteiger partial charge is 0.485 e. The highest BCUT2D eigenvalue weighted by atomic mass is 16.5. The molecule has 0 fully saturated rings. The molecule has 0 aromatic carbocycles. The van der Waals surface area contributed by atoms with Gasteiger partial charge in [0.25, 0.3) is 0 Å². The minimum absolute atomic E-state index is 0.187. The smallest absolute Gasteiger partial charge is 0.143 e. The number of allylic oxidation sites excluding steroid dienone is 3. The van der Waals surface area contributed by atoms with Gasteiger partial charge in [-0.25, -0.2) is 0 Å². The van der Waals surface area contributed by atoms with Crippen LogP contribution in [0.15, 0.2) is 29.1 Å². The second-order valence-corrected chi connectivity index (χ2v) is 3.29. The minimum Gasteiger partial charge on any atom is -0.485 e. The third-order valence-electron chi connectivity index (χ3n) is 2.25. The Morgan fingerprint density at radius 3 is 3.08 bits per heavy atom. The molecule has 0 aromatic heterocycles. The third-order valence-corrected chi connectivity index (χ3v) is 2.25. The number of hydrogen-bond acceptors (Lipinski definition) is 1. The van der Waals surface area contributed by atoms with Gasteiger partial charge in [-0.05, 0) is 25.0 Å². The molecule has 63 valence electrons. The first-order valence-electron chi connectivity index (χ1n) is 4.49. The molecule has 1 radical (unpaired) electrons. The Hall–Kier alpha value is -0.980. The summed E-state index contributed by atoms with van der Waals surface area (Å²) in [5.74, 6) is 1.03. The molecular formula is C11H13O. The zero-order valence-corrected chi connectivity index (χ0v) is 7.55. The van der Waals surface area contributed by atoms with Gasteiger partial charge in [0, 0.05) is 18.1 Å². The van der Waals surface area contributed by atoms with Crippen LogP contribution in [0.1, 0.15) is 26.7 Å². The molecule has 1 heteroatoms. The first-order valence-corrected chi connectivity index (χ1v) is 4.49. The van der Waals surface area contributed by atoms with Crippen molar-refractivity contribution >= 4 is 0 Å². The Balaban J connectivity index is 2.18. The van der Waals surface area contributed by atoms with Gasteiger partial charge in [-0.3, -0.25) is 0 Å². The van der Waals surface area contributed by atoms with Crippen molar-refractivity contribution in [2.24, 2.45) is 0 Å². The van der Waals surface area contributed by atoms with Crippen molar-refractivity contribution in [2.75, 3.05) is 0 Å². The molecule has 1 nitrogen and oxygen atoms in total. The van der Waals surface area contributed by atoms with Gasteiger partial charge in [0.1, 0.15) is 11.9 Å². The fraction of sp³-hybridized carbons (Fsp3) is 0.455. The van der Waals surface area contributed by atoms with Crippen molar-refractivity contribution < 1.29 is 4.74 Å². The average molecular weight is 161 g/mol. The maximum atomic E-state index is 5.66. The van der Waals surface area contributed by atoms with Gasteiger partial charge < -0.3 is 4.74 Å².